The fourth-order valence-electron chi connectivity index (χ4n) is 2.85. The molecule has 1 aliphatic heterocycles. The third-order valence-corrected chi connectivity index (χ3v) is 3.71. The molecule has 0 N–H and O–H groups in total. The van der Waals surface area contributed by atoms with E-state index in [4.69, 9.17) is 14.2 Å². The lowest BCUT2D eigenvalue weighted by Crippen LogP contribution is -2.46. The van der Waals surface area contributed by atoms with E-state index in [-0.39, 0.29) is 0 Å². The van der Waals surface area contributed by atoms with E-state index in [1.165, 1.54) is 0 Å². The van der Waals surface area contributed by atoms with Crippen LogP contribution in [0.3, 0.4) is 0 Å². The van der Waals surface area contributed by atoms with Crippen molar-refractivity contribution in [2.24, 2.45) is 0 Å². The summed E-state index contributed by atoms with van der Waals surface area (Å²) in [6.45, 7) is 9.72. The molecule has 0 amide bonds. The summed E-state index contributed by atoms with van der Waals surface area (Å²) in [4.78, 5) is 2.39. The summed E-state index contributed by atoms with van der Waals surface area (Å²) in [5, 5.41) is 0. The summed E-state index contributed by atoms with van der Waals surface area (Å²) in [5.74, 6) is 1.57. The lowest BCUT2D eigenvalue weighted by atomic mass is 10.2. The summed E-state index contributed by atoms with van der Waals surface area (Å²) in [6.07, 6.45) is 4.63. The van der Waals surface area contributed by atoms with Crippen molar-refractivity contribution in [2.45, 2.75) is 33.0 Å². The standard InChI is InChI=1S/C18H27NO3/c1-5-6-16-7-8-17(18(11-16)20-4)21-10-9-19-12-14(2)22-15(3)13-19/h5-8,11,14-15H,9-10,12-13H2,1-4H3/b6-5+/t14-,15+. The normalized spacial score (nSPS) is 22.9. The second-order valence-electron chi connectivity index (χ2n) is 5.78. The van der Waals surface area contributed by atoms with Crippen LogP contribution in [0.5, 0.6) is 11.5 Å². The third kappa shape index (κ3) is 4.75. The van der Waals surface area contributed by atoms with Crippen LogP contribution in [-0.2, 0) is 4.74 Å². The molecular weight excluding hydrogens is 278 g/mol. The van der Waals surface area contributed by atoms with Gasteiger partial charge < -0.3 is 14.2 Å². The molecule has 0 spiro atoms. The van der Waals surface area contributed by atoms with Crippen LogP contribution in [0.15, 0.2) is 24.3 Å². The van der Waals surface area contributed by atoms with E-state index < -0.39 is 0 Å². The first-order chi connectivity index (χ1) is 10.6. The van der Waals surface area contributed by atoms with Crippen LogP contribution < -0.4 is 9.47 Å². The molecule has 1 aromatic rings. The van der Waals surface area contributed by atoms with E-state index in [0.717, 1.165) is 36.7 Å². The average molecular weight is 305 g/mol. The van der Waals surface area contributed by atoms with Crippen LogP contribution in [0.25, 0.3) is 6.08 Å². The molecule has 1 aliphatic rings. The van der Waals surface area contributed by atoms with Gasteiger partial charge in [0.25, 0.3) is 0 Å². The number of hydrogen-bond donors (Lipinski definition) is 0. The van der Waals surface area contributed by atoms with Crippen LogP contribution in [0.1, 0.15) is 26.3 Å². The number of rotatable bonds is 6. The van der Waals surface area contributed by atoms with Crippen molar-refractivity contribution < 1.29 is 14.2 Å². The Kier molecular flexibility index (Phi) is 6.28. The summed E-state index contributed by atoms with van der Waals surface area (Å²) < 4.78 is 17.1. The van der Waals surface area contributed by atoms with Crippen molar-refractivity contribution >= 4 is 6.08 Å². The first-order valence-corrected chi connectivity index (χ1v) is 7.93. The summed E-state index contributed by atoms with van der Waals surface area (Å²) in [5.41, 5.74) is 1.11. The first kappa shape index (κ1) is 16.8. The van der Waals surface area contributed by atoms with Crippen LogP contribution in [0.4, 0.5) is 0 Å². The van der Waals surface area contributed by atoms with E-state index in [9.17, 15) is 0 Å². The highest BCUT2D eigenvalue weighted by molar-refractivity contribution is 5.55. The predicted octanol–water partition coefficient (Wildman–Crippen LogP) is 3.22. The monoisotopic (exact) mass is 305 g/mol. The molecule has 1 saturated heterocycles. The molecule has 0 radical (unpaired) electrons. The maximum absolute atomic E-state index is 5.90. The second-order valence-corrected chi connectivity index (χ2v) is 5.78. The van der Waals surface area contributed by atoms with Gasteiger partial charge in [0.1, 0.15) is 6.61 Å². The van der Waals surface area contributed by atoms with Crippen molar-refractivity contribution in [1.82, 2.24) is 4.90 Å². The minimum Gasteiger partial charge on any atom is -0.493 e. The van der Waals surface area contributed by atoms with Gasteiger partial charge in [-0.05, 0) is 38.5 Å². The van der Waals surface area contributed by atoms with Gasteiger partial charge >= 0.3 is 0 Å². The fourth-order valence-corrected chi connectivity index (χ4v) is 2.85. The van der Waals surface area contributed by atoms with Crippen molar-refractivity contribution in [2.75, 3.05) is 33.4 Å². The topological polar surface area (TPSA) is 30.9 Å². The lowest BCUT2D eigenvalue weighted by Gasteiger charge is -2.35. The van der Waals surface area contributed by atoms with E-state index in [1.807, 2.05) is 37.3 Å². The zero-order valence-electron chi connectivity index (χ0n) is 14.0. The SMILES string of the molecule is C/C=C/c1ccc(OCCN2C[C@@H](C)O[C@@H](C)C2)c(OC)c1. The van der Waals surface area contributed by atoms with Crippen molar-refractivity contribution in [1.29, 1.82) is 0 Å². The van der Waals surface area contributed by atoms with E-state index in [1.54, 1.807) is 7.11 Å². The Morgan fingerprint density at radius 1 is 1.23 bits per heavy atom. The Balaban J connectivity index is 1.88. The maximum Gasteiger partial charge on any atom is 0.161 e. The first-order valence-electron chi connectivity index (χ1n) is 7.93. The minimum atomic E-state index is 0.290. The number of hydrogen-bond acceptors (Lipinski definition) is 4. The number of morpholine rings is 1. The highest BCUT2D eigenvalue weighted by Crippen LogP contribution is 2.28. The largest absolute Gasteiger partial charge is 0.493 e. The number of methoxy groups -OCH3 is 1. The highest BCUT2D eigenvalue weighted by Gasteiger charge is 2.21. The average Bonchev–Trinajstić information content (AvgIpc) is 2.48. The van der Waals surface area contributed by atoms with Crippen LogP contribution >= 0.6 is 0 Å². The van der Waals surface area contributed by atoms with Crippen LogP contribution in [0, 0.1) is 0 Å². The maximum atomic E-state index is 5.90. The van der Waals surface area contributed by atoms with Gasteiger partial charge in [-0.25, -0.2) is 0 Å². The van der Waals surface area contributed by atoms with Gasteiger partial charge in [0.05, 0.1) is 19.3 Å². The summed E-state index contributed by atoms with van der Waals surface area (Å²) in [7, 11) is 1.67. The van der Waals surface area contributed by atoms with Crippen LogP contribution in [0.2, 0.25) is 0 Å². The van der Waals surface area contributed by atoms with Crippen molar-refractivity contribution in [3.05, 3.63) is 29.8 Å². The van der Waals surface area contributed by atoms with E-state index in [2.05, 4.69) is 18.7 Å². The van der Waals surface area contributed by atoms with Crippen LogP contribution in [-0.4, -0.2) is 50.5 Å². The molecule has 2 rings (SSSR count). The van der Waals surface area contributed by atoms with E-state index >= 15 is 0 Å². The van der Waals surface area contributed by atoms with Crippen molar-refractivity contribution in [3.8, 4) is 11.5 Å². The van der Waals surface area contributed by atoms with Gasteiger partial charge in [0, 0.05) is 19.6 Å². The van der Waals surface area contributed by atoms with Gasteiger partial charge in [0.2, 0.25) is 0 Å². The second kappa shape index (κ2) is 8.20. The highest BCUT2D eigenvalue weighted by atomic mass is 16.5. The predicted molar refractivity (Wildman–Crippen MR) is 89.6 cm³/mol. The van der Waals surface area contributed by atoms with E-state index in [0.29, 0.717) is 18.8 Å². The molecule has 4 nitrogen and oxygen atoms in total. The number of allylic oxidation sites excluding steroid dienone is 1. The van der Waals surface area contributed by atoms with Crippen molar-refractivity contribution in [3.63, 3.8) is 0 Å². The molecule has 122 valence electrons. The third-order valence-electron chi connectivity index (χ3n) is 3.71. The lowest BCUT2D eigenvalue weighted by molar-refractivity contribution is -0.0699. The van der Waals surface area contributed by atoms with Gasteiger partial charge in [0.15, 0.2) is 11.5 Å². The number of ether oxygens (including phenoxy) is 3. The Labute approximate surface area is 133 Å². The molecule has 4 heteroatoms. The van der Waals surface area contributed by atoms with Gasteiger partial charge in [-0.3, -0.25) is 4.90 Å². The van der Waals surface area contributed by atoms with Gasteiger partial charge in [-0.2, -0.15) is 0 Å². The molecule has 0 unspecified atom stereocenters. The Morgan fingerprint density at radius 3 is 2.59 bits per heavy atom. The molecule has 1 aromatic carbocycles. The minimum absolute atomic E-state index is 0.290. The fraction of sp³-hybridized carbons (Fsp3) is 0.556. The van der Waals surface area contributed by atoms with Gasteiger partial charge in [-0.1, -0.05) is 18.2 Å². The molecular formula is C18H27NO3. The molecule has 1 fully saturated rings. The molecule has 2 atom stereocenters. The molecule has 1 heterocycles. The molecule has 0 bridgehead atoms. The molecule has 0 aromatic heterocycles. The quantitative estimate of drug-likeness (QED) is 0.807. The van der Waals surface area contributed by atoms with Gasteiger partial charge in [-0.15, -0.1) is 0 Å². The zero-order valence-corrected chi connectivity index (χ0v) is 14.0. The summed E-state index contributed by atoms with van der Waals surface area (Å²) >= 11 is 0. The number of benzene rings is 1. The zero-order chi connectivity index (χ0) is 15.9. The Bertz CT molecular complexity index is 491. The molecule has 0 aliphatic carbocycles. The Morgan fingerprint density at radius 2 is 1.95 bits per heavy atom. The smallest absolute Gasteiger partial charge is 0.161 e. The Hall–Kier alpha value is -1.52. The molecule has 0 saturated carbocycles. The molecule has 22 heavy (non-hydrogen) atoms. The summed E-state index contributed by atoms with van der Waals surface area (Å²) in [6, 6.07) is 6.00. The number of nitrogens with zero attached hydrogens (tertiary/aromatic N) is 1.